The fourth-order valence-corrected chi connectivity index (χ4v) is 2.52. The summed E-state index contributed by atoms with van der Waals surface area (Å²) in [6.45, 7) is 0. The molecule has 0 spiro atoms. The highest BCUT2D eigenvalue weighted by Crippen LogP contribution is 2.40. The van der Waals surface area contributed by atoms with Crippen LogP contribution in [0.2, 0.25) is 0 Å². The molecule has 24 heavy (non-hydrogen) atoms. The molecule has 3 aromatic rings. The molecular formula is C15H11BrN6O2. The fraction of sp³-hybridized carbons (Fsp3) is 0.0667. The number of methoxy groups -OCH3 is 1. The van der Waals surface area contributed by atoms with Gasteiger partial charge < -0.3 is 15.2 Å². The lowest BCUT2D eigenvalue weighted by molar-refractivity contribution is 0.409. The van der Waals surface area contributed by atoms with Crippen LogP contribution in [0, 0.1) is 11.3 Å². The molecule has 120 valence electrons. The number of aromatic nitrogens is 4. The van der Waals surface area contributed by atoms with Gasteiger partial charge in [-0.25, -0.2) is 9.97 Å². The van der Waals surface area contributed by atoms with Crippen molar-refractivity contribution in [2.75, 3.05) is 12.4 Å². The fourth-order valence-electron chi connectivity index (χ4n) is 2.10. The number of benzene rings is 1. The molecule has 0 aliphatic carbocycles. The molecule has 8 nitrogen and oxygen atoms in total. The largest absolute Gasteiger partial charge is 0.507 e. The van der Waals surface area contributed by atoms with Gasteiger partial charge in [0.15, 0.2) is 11.5 Å². The molecule has 0 bridgehead atoms. The zero-order valence-corrected chi connectivity index (χ0v) is 14.0. The smallest absolute Gasteiger partial charge is 0.158 e. The first-order valence-corrected chi connectivity index (χ1v) is 7.51. The van der Waals surface area contributed by atoms with E-state index in [0.717, 1.165) is 0 Å². The van der Waals surface area contributed by atoms with E-state index in [1.165, 1.54) is 19.5 Å². The Morgan fingerprint density at radius 2 is 2.08 bits per heavy atom. The van der Waals surface area contributed by atoms with Crippen molar-refractivity contribution in [1.29, 1.82) is 5.26 Å². The zero-order valence-electron chi connectivity index (χ0n) is 12.4. The minimum atomic E-state index is 0.0505. The van der Waals surface area contributed by atoms with Crippen LogP contribution in [0.4, 0.5) is 11.6 Å². The van der Waals surface area contributed by atoms with Crippen LogP contribution in [-0.2, 0) is 0 Å². The molecule has 9 heteroatoms. The van der Waals surface area contributed by atoms with Crippen molar-refractivity contribution in [3.8, 4) is 28.8 Å². The van der Waals surface area contributed by atoms with Crippen molar-refractivity contribution in [3.05, 3.63) is 40.8 Å². The Kier molecular flexibility index (Phi) is 4.31. The average Bonchev–Trinajstić information content (AvgIpc) is 3.02. The van der Waals surface area contributed by atoms with E-state index in [4.69, 9.17) is 10.00 Å². The Balaban J connectivity index is 1.89. The zero-order chi connectivity index (χ0) is 17.1. The maximum Gasteiger partial charge on any atom is 0.158 e. The molecule has 1 aromatic carbocycles. The van der Waals surface area contributed by atoms with E-state index >= 15 is 0 Å². The van der Waals surface area contributed by atoms with Gasteiger partial charge in [-0.1, -0.05) is 15.9 Å². The van der Waals surface area contributed by atoms with Crippen LogP contribution < -0.4 is 10.1 Å². The normalized spacial score (nSPS) is 10.2. The number of nitrogens with zero attached hydrogens (tertiary/aromatic N) is 4. The van der Waals surface area contributed by atoms with E-state index in [-0.39, 0.29) is 11.4 Å². The van der Waals surface area contributed by atoms with Gasteiger partial charge in [0.1, 0.15) is 23.4 Å². The number of hydrogen-bond acceptors (Lipinski definition) is 7. The van der Waals surface area contributed by atoms with Gasteiger partial charge >= 0.3 is 0 Å². The average molecular weight is 387 g/mol. The maximum atomic E-state index is 10.2. The summed E-state index contributed by atoms with van der Waals surface area (Å²) in [6, 6.07) is 6.91. The van der Waals surface area contributed by atoms with Crippen LogP contribution in [-0.4, -0.2) is 32.4 Å². The second-order valence-electron chi connectivity index (χ2n) is 4.69. The third-order valence-corrected chi connectivity index (χ3v) is 3.59. The summed E-state index contributed by atoms with van der Waals surface area (Å²) in [4.78, 5) is 7.98. The number of phenolic OH excluding ortho intramolecular Hbond substituents is 1. The molecule has 0 aliphatic heterocycles. The van der Waals surface area contributed by atoms with Gasteiger partial charge in [0.2, 0.25) is 0 Å². The summed E-state index contributed by atoms with van der Waals surface area (Å²) in [7, 11) is 1.52. The third-order valence-electron chi connectivity index (χ3n) is 3.14. The Morgan fingerprint density at radius 3 is 2.75 bits per heavy atom. The van der Waals surface area contributed by atoms with Gasteiger partial charge in [0, 0.05) is 10.5 Å². The number of H-pyrrole nitrogens is 1. The van der Waals surface area contributed by atoms with E-state index in [1.54, 1.807) is 18.2 Å². The summed E-state index contributed by atoms with van der Waals surface area (Å²) < 4.78 is 6.00. The number of nitrogens with one attached hydrogen (secondary N) is 2. The predicted molar refractivity (Wildman–Crippen MR) is 90.0 cm³/mol. The first-order chi connectivity index (χ1) is 11.6. The van der Waals surface area contributed by atoms with Crippen LogP contribution in [0.3, 0.4) is 0 Å². The number of hydrogen-bond donors (Lipinski definition) is 3. The second kappa shape index (κ2) is 6.55. The molecule has 0 fully saturated rings. The number of phenols is 1. The number of anilines is 2. The number of aromatic amines is 1. The minimum absolute atomic E-state index is 0.0505. The highest BCUT2D eigenvalue weighted by atomic mass is 79.9. The van der Waals surface area contributed by atoms with Gasteiger partial charge in [-0.3, -0.25) is 5.10 Å². The molecular weight excluding hydrogens is 376 g/mol. The van der Waals surface area contributed by atoms with Gasteiger partial charge in [-0.2, -0.15) is 10.4 Å². The highest BCUT2D eigenvalue weighted by Gasteiger charge is 2.15. The molecule has 0 atom stereocenters. The first-order valence-electron chi connectivity index (χ1n) is 6.72. The second-order valence-corrected chi connectivity index (χ2v) is 5.61. The van der Waals surface area contributed by atoms with E-state index in [2.05, 4.69) is 41.4 Å². The molecule has 0 unspecified atom stereocenters. The number of halogens is 1. The van der Waals surface area contributed by atoms with Gasteiger partial charge in [0.05, 0.1) is 30.8 Å². The van der Waals surface area contributed by atoms with Crippen LogP contribution in [0.15, 0.2) is 35.1 Å². The van der Waals surface area contributed by atoms with Crippen LogP contribution in [0.1, 0.15) is 5.69 Å². The summed E-state index contributed by atoms with van der Waals surface area (Å²) in [5, 5.41) is 28.8. The van der Waals surface area contributed by atoms with Gasteiger partial charge in [-0.05, 0) is 12.1 Å². The maximum absolute atomic E-state index is 10.2. The van der Waals surface area contributed by atoms with E-state index in [0.29, 0.717) is 33.1 Å². The molecule has 0 saturated heterocycles. The summed E-state index contributed by atoms with van der Waals surface area (Å²) >= 11 is 3.31. The number of rotatable bonds is 4. The summed E-state index contributed by atoms with van der Waals surface area (Å²) in [5.41, 5.74) is 1.29. The van der Waals surface area contributed by atoms with Crippen LogP contribution in [0.5, 0.6) is 11.5 Å². The van der Waals surface area contributed by atoms with E-state index < -0.39 is 0 Å². The summed E-state index contributed by atoms with van der Waals surface area (Å²) in [6.07, 6.45) is 2.80. The Morgan fingerprint density at radius 1 is 1.25 bits per heavy atom. The van der Waals surface area contributed by atoms with Crippen molar-refractivity contribution < 1.29 is 9.84 Å². The third kappa shape index (κ3) is 3.13. The SMILES string of the molecule is COc1cc(Br)cc(O)c1-c1cc(Nc2cnc(C#N)cn2)n[nH]1. The Hall–Kier alpha value is -3.12. The molecule has 0 aliphatic rings. The van der Waals surface area contributed by atoms with E-state index in [1.807, 2.05) is 6.07 Å². The standard InChI is InChI=1S/C15H11BrN6O2/c1-24-12-3-8(16)2-11(23)15(12)10-4-13(22-21-10)20-14-7-18-9(5-17)6-19-14/h2-4,6-7,23H,1H3,(H2,19,20,21,22). The van der Waals surface area contributed by atoms with Crippen molar-refractivity contribution in [1.82, 2.24) is 20.2 Å². The highest BCUT2D eigenvalue weighted by molar-refractivity contribution is 9.10. The van der Waals surface area contributed by atoms with Crippen molar-refractivity contribution in [2.24, 2.45) is 0 Å². The molecule has 0 amide bonds. The number of aromatic hydroxyl groups is 1. The van der Waals surface area contributed by atoms with Gasteiger partial charge in [-0.15, -0.1) is 0 Å². The minimum Gasteiger partial charge on any atom is -0.507 e. The molecule has 2 heterocycles. The Bertz CT molecular complexity index is 917. The topological polar surface area (TPSA) is 120 Å². The van der Waals surface area contributed by atoms with Crippen molar-refractivity contribution in [2.45, 2.75) is 0 Å². The summed E-state index contributed by atoms with van der Waals surface area (Å²) in [5.74, 6) is 1.47. The molecule has 0 saturated carbocycles. The van der Waals surface area contributed by atoms with Gasteiger partial charge in [0.25, 0.3) is 0 Å². The Labute approximate surface area is 145 Å². The van der Waals surface area contributed by atoms with Crippen molar-refractivity contribution in [3.63, 3.8) is 0 Å². The number of nitriles is 1. The van der Waals surface area contributed by atoms with Crippen molar-refractivity contribution >= 4 is 27.6 Å². The molecule has 3 rings (SSSR count). The van der Waals surface area contributed by atoms with E-state index in [9.17, 15) is 5.11 Å². The molecule has 0 radical (unpaired) electrons. The predicted octanol–water partition coefficient (Wildman–Crippen LogP) is 2.96. The molecule has 3 N–H and O–H groups in total. The lowest BCUT2D eigenvalue weighted by Gasteiger charge is -2.09. The monoisotopic (exact) mass is 386 g/mol. The molecule has 2 aromatic heterocycles. The van der Waals surface area contributed by atoms with Crippen LogP contribution >= 0.6 is 15.9 Å². The number of ether oxygens (including phenoxy) is 1. The first kappa shape index (κ1) is 15.8. The lowest BCUT2D eigenvalue weighted by Crippen LogP contribution is -1.95. The quantitative estimate of drug-likeness (QED) is 0.630. The lowest BCUT2D eigenvalue weighted by atomic mass is 10.1. The van der Waals surface area contributed by atoms with Crippen LogP contribution in [0.25, 0.3) is 11.3 Å².